The van der Waals surface area contributed by atoms with Crippen LogP contribution in [0.3, 0.4) is 0 Å². The molecule has 0 aliphatic carbocycles. The van der Waals surface area contributed by atoms with Crippen molar-refractivity contribution in [1.29, 1.82) is 0 Å². The highest BCUT2D eigenvalue weighted by molar-refractivity contribution is 7.99. The number of hydrogen-bond acceptors (Lipinski definition) is 3. The van der Waals surface area contributed by atoms with Crippen molar-refractivity contribution < 1.29 is 0 Å². The second-order valence-electron chi connectivity index (χ2n) is 4.53. The summed E-state index contributed by atoms with van der Waals surface area (Å²) in [5.74, 6) is 0. The van der Waals surface area contributed by atoms with Gasteiger partial charge in [-0.05, 0) is 54.6 Å². The van der Waals surface area contributed by atoms with E-state index in [2.05, 4.69) is 37.4 Å². The van der Waals surface area contributed by atoms with E-state index < -0.39 is 0 Å². The minimum Gasteiger partial charge on any atom is -0.326 e. The Balaban J connectivity index is 2.24. The number of rotatable bonds is 5. The van der Waals surface area contributed by atoms with Gasteiger partial charge in [0.1, 0.15) is 0 Å². The third-order valence-corrected chi connectivity index (χ3v) is 5.98. The molecule has 0 fully saturated rings. The van der Waals surface area contributed by atoms with Crippen LogP contribution in [0.4, 0.5) is 0 Å². The summed E-state index contributed by atoms with van der Waals surface area (Å²) in [6.07, 6.45) is 0.975. The predicted octanol–water partition coefficient (Wildman–Crippen LogP) is 5.28. The van der Waals surface area contributed by atoms with Crippen LogP contribution in [0.2, 0.25) is 5.02 Å². The Morgan fingerprint density at radius 1 is 1.26 bits per heavy atom. The summed E-state index contributed by atoms with van der Waals surface area (Å²) in [6, 6.07) is 10.3. The van der Waals surface area contributed by atoms with Crippen LogP contribution >= 0.6 is 34.7 Å². The van der Waals surface area contributed by atoms with Gasteiger partial charge in [-0.3, -0.25) is 0 Å². The number of nitrogens with two attached hydrogens (primary N) is 1. The van der Waals surface area contributed by atoms with Crippen LogP contribution in [-0.4, -0.2) is 6.04 Å². The molecule has 0 bridgehead atoms. The maximum Gasteiger partial charge on any atom is 0.0591 e. The van der Waals surface area contributed by atoms with Crippen molar-refractivity contribution in [3.8, 4) is 0 Å². The van der Waals surface area contributed by atoms with Gasteiger partial charge in [-0.15, -0.1) is 23.1 Å². The van der Waals surface area contributed by atoms with E-state index in [9.17, 15) is 0 Å². The van der Waals surface area contributed by atoms with Crippen LogP contribution in [0.15, 0.2) is 40.6 Å². The summed E-state index contributed by atoms with van der Waals surface area (Å²) in [4.78, 5) is 2.60. The molecule has 1 nitrogen and oxygen atoms in total. The summed E-state index contributed by atoms with van der Waals surface area (Å²) in [5, 5.41) is 3.22. The SMILES string of the molecule is CCC(N)C(Sc1ccc(Cl)cc1)c1sccc1C. The van der Waals surface area contributed by atoms with Gasteiger partial charge in [0.2, 0.25) is 0 Å². The molecule has 0 saturated heterocycles. The third kappa shape index (κ3) is 3.76. The lowest BCUT2D eigenvalue weighted by Gasteiger charge is -2.22. The van der Waals surface area contributed by atoms with Gasteiger partial charge >= 0.3 is 0 Å². The Morgan fingerprint density at radius 3 is 2.47 bits per heavy atom. The standard InChI is InChI=1S/C15H18ClNS2/c1-3-13(17)15(14-10(2)8-9-18-14)19-12-6-4-11(16)5-7-12/h4-9,13,15H,3,17H2,1-2H3. The first kappa shape index (κ1) is 14.9. The highest BCUT2D eigenvalue weighted by Crippen LogP contribution is 2.41. The number of hydrogen-bond donors (Lipinski definition) is 1. The molecule has 2 unspecified atom stereocenters. The average Bonchev–Trinajstić information content (AvgIpc) is 2.83. The van der Waals surface area contributed by atoms with Crippen LogP contribution in [0.25, 0.3) is 0 Å². The van der Waals surface area contributed by atoms with Crippen LogP contribution in [-0.2, 0) is 0 Å². The van der Waals surface area contributed by atoms with Crippen molar-refractivity contribution in [3.63, 3.8) is 0 Å². The van der Waals surface area contributed by atoms with E-state index in [-0.39, 0.29) is 6.04 Å². The fraction of sp³-hybridized carbons (Fsp3) is 0.333. The third-order valence-electron chi connectivity index (χ3n) is 3.10. The molecule has 102 valence electrons. The van der Waals surface area contributed by atoms with E-state index in [0.29, 0.717) is 5.25 Å². The molecule has 0 saturated carbocycles. The minimum absolute atomic E-state index is 0.165. The van der Waals surface area contributed by atoms with E-state index in [1.54, 1.807) is 11.3 Å². The quantitative estimate of drug-likeness (QED) is 0.760. The zero-order chi connectivity index (χ0) is 13.8. The zero-order valence-electron chi connectivity index (χ0n) is 11.1. The highest BCUT2D eigenvalue weighted by atomic mass is 35.5. The molecule has 0 aliphatic heterocycles. The van der Waals surface area contributed by atoms with Crippen molar-refractivity contribution in [1.82, 2.24) is 0 Å². The molecule has 1 aromatic carbocycles. The molecule has 0 spiro atoms. The summed E-state index contributed by atoms with van der Waals surface area (Å²) in [5.41, 5.74) is 7.65. The Bertz CT molecular complexity index is 521. The predicted molar refractivity (Wildman–Crippen MR) is 87.4 cm³/mol. The van der Waals surface area contributed by atoms with Gasteiger partial charge in [0.15, 0.2) is 0 Å². The second-order valence-corrected chi connectivity index (χ2v) is 7.13. The van der Waals surface area contributed by atoms with Gasteiger partial charge < -0.3 is 5.73 Å². The lowest BCUT2D eigenvalue weighted by Crippen LogP contribution is -2.25. The monoisotopic (exact) mass is 311 g/mol. The molecule has 1 aromatic heterocycles. The Morgan fingerprint density at radius 2 is 1.95 bits per heavy atom. The van der Waals surface area contributed by atoms with Crippen LogP contribution < -0.4 is 5.73 Å². The lowest BCUT2D eigenvalue weighted by molar-refractivity contribution is 0.638. The molecule has 1 heterocycles. The average molecular weight is 312 g/mol. The molecular weight excluding hydrogens is 294 g/mol. The largest absolute Gasteiger partial charge is 0.326 e. The van der Waals surface area contributed by atoms with E-state index in [1.165, 1.54) is 15.3 Å². The van der Waals surface area contributed by atoms with E-state index in [1.807, 2.05) is 23.9 Å². The minimum atomic E-state index is 0.165. The fourth-order valence-electron chi connectivity index (χ4n) is 1.89. The molecule has 2 aromatic rings. The number of halogens is 1. The van der Waals surface area contributed by atoms with Gasteiger partial charge in [0.05, 0.1) is 5.25 Å². The number of thiophene rings is 1. The van der Waals surface area contributed by atoms with E-state index in [0.717, 1.165) is 11.4 Å². The lowest BCUT2D eigenvalue weighted by atomic mass is 10.1. The molecule has 0 radical (unpaired) electrons. The summed E-state index contributed by atoms with van der Waals surface area (Å²) < 4.78 is 0. The first-order chi connectivity index (χ1) is 9.11. The molecular formula is C15H18ClNS2. The van der Waals surface area contributed by atoms with Gasteiger partial charge in [-0.2, -0.15) is 0 Å². The smallest absolute Gasteiger partial charge is 0.0591 e. The summed E-state index contributed by atoms with van der Waals surface area (Å²) >= 11 is 9.56. The molecule has 4 heteroatoms. The first-order valence-corrected chi connectivity index (χ1v) is 8.47. The highest BCUT2D eigenvalue weighted by Gasteiger charge is 2.22. The van der Waals surface area contributed by atoms with Gasteiger partial charge in [0, 0.05) is 20.8 Å². The summed E-state index contributed by atoms with van der Waals surface area (Å²) in [6.45, 7) is 4.30. The summed E-state index contributed by atoms with van der Waals surface area (Å²) in [7, 11) is 0. The van der Waals surface area contributed by atoms with Crippen molar-refractivity contribution in [2.75, 3.05) is 0 Å². The van der Waals surface area contributed by atoms with Crippen molar-refractivity contribution in [2.24, 2.45) is 5.73 Å². The molecule has 2 rings (SSSR count). The van der Waals surface area contributed by atoms with E-state index >= 15 is 0 Å². The Hall–Kier alpha value is -0.480. The molecule has 2 N–H and O–H groups in total. The second kappa shape index (κ2) is 6.80. The van der Waals surface area contributed by atoms with Crippen LogP contribution in [0.1, 0.15) is 29.0 Å². The van der Waals surface area contributed by atoms with Crippen molar-refractivity contribution in [3.05, 3.63) is 51.2 Å². The van der Waals surface area contributed by atoms with Crippen LogP contribution in [0, 0.1) is 6.92 Å². The number of thioether (sulfide) groups is 1. The molecule has 2 atom stereocenters. The van der Waals surface area contributed by atoms with Gasteiger partial charge in [0.25, 0.3) is 0 Å². The van der Waals surface area contributed by atoms with E-state index in [4.69, 9.17) is 17.3 Å². The van der Waals surface area contributed by atoms with Crippen molar-refractivity contribution >= 4 is 34.7 Å². The topological polar surface area (TPSA) is 26.0 Å². The Kier molecular flexibility index (Phi) is 5.34. The maximum absolute atomic E-state index is 6.31. The number of benzene rings is 1. The fourth-order valence-corrected chi connectivity index (χ4v) is 4.55. The molecule has 0 amide bonds. The molecule has 0 aliphatic rings. The maximum atomic E-state index is 6.31. The first-order valence-electron chi connectivity index (χ1n) is 6.33. The van der Waals surface area contributed by atoms with Gasteiger partial charge in [-0.25, -0.2) is 0 Å². The zero-order valence-corrected chi connectivity index (χ0v) is 13.5. The van der Waals surface area contributed by atoms with Gasteiger partial charge in [-0.1, -0.05) is 18.5 Å². The normalized spacial score (nSPS) is 14.3. The Labute approximate surface area is 128 Å². The van der Waals surface area contributed by atoms with Crippen LogP contribution in [0.5, 0.6) is 0 Å². The van der Waals surface area contributed by atoms with Crippen molar-refractivity contribution in [2.45, 2.75) is 36.5 Å². The number of aryl methyl sites for hydroxylation is 1. The molecule has 19 heavy (non-hydrogen) atoms.